The molecule has 0 bridgehead atoms. The van der Waals surface area contributed by atoms with Crippen molar-refractivity contribution in [1.29, 1.82) is 0 Å². The Labute approximate surface area is 325 Å². The molecule has 0 saturated heterocycles. The Hall–Kier alpha value is -4.06. The van der Waals surface area contributed by atoms with E-state index in [9.17, 15) is 0 Å². The molecule has 0 aliphatic carbocycles. The van der Waals surface area contributed by atoms with Crippen molar-refractivity contribution >= 4 is 53.2 Å². The summed E-state index contributed by atoms with van der Waals surface area (Å²) in [5.41, 5.74) is 11.1. The Kier molecular flexibility index (Phi) is 16.8. The van der Waals surface area contributed by atoms with Crippen LogP contribution in [0, 0.1) is 28.7 Å². The molecule has 0 aliphatic heterocycles. The zero-order valence-electron chi connectivity index (χ0n) is 28.5. The van der Waals surface area contributed by atoms with E-state index in [0.717, 1.165) is 45.0 Å². The van der Waals surface area contributed by atoms with Gasteiger partial charge < -0.3 is 14.9 Å². The number of nitrogens with zero attached hydrogens (tertiary/aromatic N) is 4. The second kappa shape index (κ2) is 20.0. The Balaban J connectivity index is 0.000000307. The molecule has 0 saturated carbocycles. The predicted octanol–water partition coefficient (Wildman–Crippen LogP) is 11.3. The molecule has 8 heteroatoms. The number of aromatic nitrogens is 4. The summed E-state index contributed by atoms with van der Waals surface area (Å²) < 4.78 is 0. The minimum atomic E-state index is 0. The first kappa shape index (κ1) is 42.1. The molecule has 4 nitrogen and oxygen atoms in total. The number of fused-ring (bicyclic) bond motifs is 2. The van der Waals surface area contributed by atoms with Crippen LogP contribution in [0.4, 0.5) is 0 Å². The molecule has 0 fully saturated rings. The molecule has 8 rings (SSSR count). The van der Waals surface area contributed by atoms with Crippen LogP contribution >= 0.6 is 24.8 Å². The second-order valence-corrected chi connectivity index (χ2v) is 11.0. The van der Waals surface area contributed by atoms with Gasteiger partial charge in [-0.2, -0.15) is 12.1 Å². The average molecular weight is 789 g/mol. The summed E-state index contributed by atoms with van der Waals surface area (Å²) in [6.07, 6.45) is 7.33. The van der Waals surface area contributed by atoms with Crippen molar-refractivity contribution in [2.24, 2.45) is 0 Å². The molecule has 0 spiro atoms. The van der Waals surface area contributed by atoms with Gasteiger partial charge in [0, 0.05) is 24.8 Å². The maximum atomic E-state index is 4.52. The van der Waals surface area contributed by atoms with Gasteiger partial charge in [0.2, 0.25) is 0 Å². The summed E-state index contributed by atoms with van der Waals surface area (Å²) in [6.45, 7) is 7.32. The van der Waals surface area contributed by atoms with Crippen LogP contribution < -0.4 is 0 Å². The fourth-order valence-corrected chi connectivity index (χ4v) is 5.77. The quantitative estimate of drug-likeness (QED) is 0.132. The van der Waals surface area contributed by atoms with Gasteiger partial charge in [-0.05, 0) is 70.8 Å². The molecule has 0 aliphatic rings. The molecular weight excluding hydrogens is 751 g/mol. The van der Waals surface area contributed by atoms with Crippen molar-refractivity contribution in [3.05, 3.63) is 172 Å². The van der Waals surface area contributed by atoms with Crippen molar-refractivity contribution in [2.45, 2.75) is 13.8 Å². The molecule has 0 unspecified atom stereocenters. The van der Waals surface area contributed by atoms with Gasteiger partial charge in [0.05, 0.1) is 22.8 Å². The van der Waals surface area contributed by atoms with E-state index in [0.29, 0.717) is 0 Å². The SMILES string of the molecule is Cc1cc2c(-c3ccccn3)cc(-c3ccccn3)cc2[cH-]1.Cc1cc2c(-c3ccccn3)cc(-c3ccccn3)cc2[cH-]1.Cl.Cl.[CH3-].[CH3-].[Si]=[Zr]. The first-order valence-electron chi connectivity index (χ1n) is 15.0. The van der Waals surface area contributed by atoms with Crippen LogP contribution in [0.1, 0.15) is 11.1 Å². The van der Waals surface area contributed by atoms with Crippen molar-refractivity contribution in [3.8, 4) is 45.0 Å². The van der Waals surface area contributed by atoms with Gasteiger partial charge >= 0.3 is 30.2 Å². The van der Waals surface area contributed by atoms with E-state index in [1.165, 1.54) is 56.0 Å². The van der Waals surface area contributed by atoms with E-state index in [-0.39, 0.29) is 39.7 Å². The van der Waals surface area contributed by atoms with E-state index in [1.54, 1.807) is 0 Å². The van der Waals surface area contributed by atoms with Crippen molar-refractivity contribution in [1.82, 2.24) is 19.9 Å². The number of benzene rings is 2. The number of rotatable bonds is 4. The van der Waals surface area contributed by atoms with Gasteiger partial charge in [-0.25, -0.2) is 0 Å². The maximum absolute atomic E-state index is 4.52. The van der Waals surface area contributed by atoms with Crippen molar-refractivity contribution in [2.75, 3.05) is 0 Å². The van der Waals surface area contributed by atoms with Crippen LogP contribution in [0.2, 0.25) is 0 Å². The zero-order chi connectivity index (χ0) is 31.9. The van der Waals surface area contributed by atoms with Crippen LogP contribution in [0.3, 0.4) is 0 Å². The topological polar surface area (TPSA) is 51.6 Å². The van der Waals surface area contributed by atoms with Gasteiger partial charge in [0.25, 0.3) is 0 Å². The number of aryl methyl sites for hydroxylation is 2. The normalized spacial score (nSPS) is 9.70. The Morgan fingerprint density at radius 1 is 0.460 bits per heavy atom. The summed E-state index contributed by atoms with van der Waals surface area (Å²) in [6, 6.07) is 41.7. The van der Waals surface area contributed by atoms with Crippen LogP contribution in [0.25, 0.3) is 66.6 Å². The van der Waals surface area contributed by atoms with Gasteiger partial charge in [-0.3, -0.25) is 19.9 Å². The van der Waals surface area contributed by atoms with E-state index in [4.69, 9.17) is 0 Å². The minimum absolute atomic E-state index is 0. The molecule has 0 N–H and O–H groups in total. The molecule has 4 aromatic heterocycles. The van der Waals surface area contributed by atoms with Crippen molar-refractivity contribution in [3.63, 3.8) is 0 Å². The molecule has 50 heavy (non-hydrogen) atoms. The number of pyridine rings is 4. The third-order valence-electron chi connectivity index (χ3n) is 7.74. The molecule has 0 atom stereocenters. The molecular formula is C42H38Cl2N4SiZr-4. The Morgan fingerprint density at radius 2 is 0.780 bits per heavy atom. The first-order valence-corrected chi connectivity index (χ1v) is 19.1. The zero-order valence-corrected chi connectivity index (χ0v) is 33.6. The molecule has 2 radical (unpaired) electrons. The summed E-state index contributed by atoms with van der Waals surface area (Å²) in [4.78, 5) is 18.0. The number of hydrogen-bond donors (Lipinski definition) is 0. The number of hydrogen-bond acceptors (Lipinski definition) is 4. The third-order valence-corrected chi connectivity index (χ3v) is 7.74. The summed E-state index contributed by atoms with van der Waals surface area (Å²) in [5.74, 6) is 0. The first-order chi connectivity index (χ1) is 22.6. The molecule has 8 aromatic rings. The van der Waals surface area contributed by atoms with E-state index < -0.39 is 0 Å². The third kappa shape index (κ3) is 9.58. The number of halogens is 2. The van der Waals surface area contributed by atoms with Gasteiger partial charge in [-0.15, -0.1) is 81.8 Å². The molecule has 0 amide bonds. The average Bonchev–Trinajstić information content (AvgIpc) is 3.70. The van der Waals surface area contributed by atoms with Crippen LogP contribution in [0.15, 0.2) is 146 Å². The molecule has 4 heterocycles. The predicted molar refractivity (Wildman–Crippen MR) is 215 cm³/mol. The fourth-order valence-electron chi connectivity index (χ4n) is 5.77. The van der Waals surface area contributed by atoms with Gasteiger partial charge in [0.15, 0.2) is 0 Å². The van der Waals surface area contributed by atoms with Crippen LogP contribution in [0.5, 0.6) is 0 Å². The van der Waals surface area contributed by atoms with Gasteiger partial charge in [-0.1, -0.05) is 50.2 Å². The standard InChI is InChI=1S/2C20H15N2.2CH3.2ClH.Si.Zr/c2*1-14-10-15-12-16(19-6-2-4-8-21-19)13-18(17(15)11-14)20-7-3-5-9-22-20;;;;;;/h2*2-13H,1H3;2*1H3;2*1H;;/q4*-1;;;;. The fraction of sp³-hybridized carbons (Fsp3) is 0.0476. The molecule has 252 valence electrons. The second-order valence-electron chi connectivity index (χ2n) is 11.0. The van der Waals surface area contributed by atoms with E-state index in [2.05, 4.69) is 101 Å². The Morgan fingerprint density at radius 3 is 1.08 bits per heavy atom. The van der Waals surface area contributed by atoms with Crippen LogP contribution in [-0.2, 0) is 23.3 Å². The van der Waals surface area contributed by atoms with Crippen molar-refractivity contribution < 1.29 is 23.3 Å². The van der Waals surface area contributed by atoms with E-state index >= 15 is 0 Å². The Bertz CT molecular complexity index is 2050. The monoisotopic (exact) mass is 786 g/mol. The summed E-state index contributed by atoms with van der Waals surface area (Å²) in [7, 11) is 0. The summed E-state index contributed by atoms with van der Waals surface area (Å²) >= 11 is 1.36. The van der Waals surface area contributed by atoms with Gasteiger partial charge in [0.1, 0.15) is 0 Å². The summed E-state index contributed by atoms with van der Waals surface area (Å²) in [5, 5.41) is 4.97. The van der Waals surface area contributed by atoms with Crippen LogP contribution in [-0.4, -0.2) is 26.8 Å². The molecule has 4 aromatic carbocycles. The van der Waals surface area contributed by atoms with E-state index in [1.807, 2.05) is 85.5 Å².